The van der Waals surface area contributed by atoms with Gasteiger partial charge in [0.15, 0.2) is 0 Å². The van der Waals surface area contributed by atoms with E-state index in [0.717, 1.165) is 21.2 Å². The van der Waals surface area contributed by atoms with Crippen LogP contribution >= 0.6 is 22.9 Å². The van der Waals surface area contributed by atoms with E-state index in [4.69, 9.17) is 21.1 Å². The van der Waals surface area contributed by atoms with Gasteiger partial charge in [-0.05, 0) is 31.2 Å². The molecule has 0 fully saturated rings. The molecule has 1 aromatic carbocycles. The Kier molecular flexibility index (Phi) is 5.07. The number of nitrogens with one attached hydrogen (secondary N) is 2. The molecule has 0 aliphatic carbocycles. The number of nitrogens with zero attached hydrogens (tertiary/aromatic N) is 2. The number of aromatic nitrogens is 2. The Morgan fingerprint density at radius 2 is 2.03 bits per heavy atom. The van der Waals surface area contributed by atoms with E-state index < -0.39 is 5.97 Å². The monoisotopic (exact) mass is 468 g/mol. The van der Waals surface area contributed by atoms with Crippen molar-refractivity contribution in [1.82, 2.24) is 15.3 Å². The van der Waals surface area contributed by atoms with Gasteiger partial charge in [0.05, 0.1) is 23.9 Å². The first-order valence-electron chi connectivity index (χ1n) is 9.77. The average Bonchev–Trinajstić information content (AvgIpc) is 3.09. The molecule has 0 bridgehead atoms. The standard InChI is InChI=1S/C22H17ClN4O4S/c1-10-9-24-19-18-12-3-6-16(31-17-8-11(22(29)30-2)7-15(23)27-17)26-13(12)4-5-14(18)32-20(19)21(28)25-10/h3-8,10,24H,9H2,1-2H3,(H,25,28). The van der Waals surface area contributed by atoms with Crippen molar-refractivity contribution in [2.24, 2.45) is 0 Å². The number of carbonyl (C=O) groups excluding carboxylic acids is 2. The van der Waals surface area contributed by atoms with E-state index in [1.165, 1.54) is 30.6 Å². The van der Waals surface area contributed by atoms with Crippen molar-refractivity contribution in [3.63, 3.8) is 0 Å². The molecule has 2 N–H and O–H groups in total. The first-order valence-corrected chi connectivity index (χ1v) is 11.0. The molecule has 0 spiro atoms. The molecule has 4 heterocycles. The highest BCUT2D eigenvalue weighted by Crippen LogP contribution is 2.41. The highest BCUT2D eigenvalue weighted by atomic mass is 35.5. The molecular formula is C22H17ClN4O4S. The van der Waals surface area contributed by atoms with E-state index in [-0.39, 0.29) is 28.5 Å². The van der Waals surface area contributed by atoms with Crippen molar-refractivity contribution in [3.05, 3.63) is 52.0 Å². The number of halogens is 1. The van der Waals surface area contributed by atoms with Gasteiger partial charge in [-0.25, -0.2) is 14.8 Å². The number of rotatable bonds is 3. The third-order valence-electron chi connectivity index (χ3n) is 5.07. The van der Waals surface area contributed by atoms with Crippen molar-refractivity contribution < 1.29 is 19.1 Å². The maximum absolute atomic E-state index is 12.6. The molecular weight excluding hydrogens is 452 g/mol. The minimum absolute atomic E-state index is 0.0327. The predicted octanol–water partition coefficient (Wildman–Crippen LogP) is 4.62. The zero-order chi connectivity index (χ0) is 22.4. The van der Waals surface area contributed by atoms with E-state index in [1.807, 2.05) is 25.1 Å². The lowest BCUT2D eigenvalue weighted by atomic mass is 10.1. The van der Waals surface area contributed by atoms with Gasteiger partial charge >= 0.3 is 5.97 Å². The minimum Gasteiger partial charge on any atom is -0.465 e. The fourth-order valence-electron chi connectivity index (χ4n) is 3.63. The van der Waals surface area contributed by atoms with Gasteiger partial charge in [0.2, 0.25) is 11.8 Å². The Bertz CT molecular complexity index is 1400. The summed E-state index contributed by atoms with van der Waals surface area (Å²) in [4.78, 5) is 33.7. The van der Waals surface area contributed by atoms with Crippen molar-refractivity contribution in [2.75, 3.05) is 19.0 Å². The van der Waals surface area contributed by atoms with Gasteiger partial charge < -0.3 is 20.1 Å². The summed E-state index contributed by atoms with van der Waals surface area (Å²) in [7, 11) is 1.28. The van der Waals surface area contributed by atoms with Crippen LogP contribution in [0.15, 0.2) is 36.4 Å². The summed E-state index contributed by atoms with van der Waals surface area (Å²) >= 11 is 7.46. The van der Waals surface area contributed by atoms with Crippen molar-refractivity contribution in [2.45, 2.75) is 13.0 Å². The van der Waals surface area contributed by atoms with Crippen LogP contribution in [0.2, 0.25) is 5.15 Å². The Labute approximate surface area is 191 Å². The molecule has 4 aromatic rings. The summed E-state index contributed by atoms with van der Waals surface area (Å²) in [6.07, 6.45) is 0. The molecule has 32 heavy (non-hydrogen) atoms. The second-order valence-corrected chi connectivity index (χ2v) is 8.77. The molecule has 8 nitrogen and oxygen atoms in total. The first kappa shape index (κ1) is 20.5. The van der Waals surface area contributed by atoms with Crippen LogP contribution in [0.4, 0.5) is 5.69 Å². The maximum atomic E-state index is 12.6. The van der Waals surface area contributed by atoms with Crippen LogP contribution < -0.4 is 15.4 Å². The van der Waals surface area contributed by atoms with Crippen molar-refractivity contribution in [3.8, 4) is 11.8 Å². The predicted molar refractivity (Wildman–Crippen MR) is 123 cm³/mol. The Morgan fingerprint density at radius 3 is 2.84 bits per heavy atom. The summed E-state index contributed by atoms with van der Waals surface area (Å²) in [6.45, 7) is 2.60. The first-order chi connectivity index (χ1) is 15.4. The van der Waals surface area contributed by atoms with Crippen molar-refractivity contribution in [1.29, 1.82) is 0 Å². The molecule has 0 saturated heterocycles. The van der Waals surface area contributed by atoms with E-state index in [1.54, 1.807) is 6.07 Å². The molecule has 162 valence electrons. The molecule has 1 aliphatic rings. The number of hydrogen-bond donors (Lipinski definition) is 2. The summed E-state index contributed by atoms with van der Waals surface area (Å²) in [5.74, 6) is -0.198. The molecule has 0 saturated carbocycles. The lowest BCUT2D eigenvalue weighted by Gasteiger charge is -2.10. The second-order valence-electron chi connectivity index (χ2n) is 7.33. The van der Waals surface area contributed by atoms with Gasteiger partial charge in [-0.3, -0.25) is 4.79 Å². The molecule has 3 aromatic heterocycles. The Morgan fingerprint density at radius 1 is 1.19 bits per heavy atom. The number of thiophene rings is 1. The topological polar surface area (TPSA) is 102 Å². The highest BCUT2D eigenvalue weighted by Gasteiger charge is 2.24. The number of benzene rings is 1. The maximum Gasteiger partial charge on any atom is 0.338 e. The number of pyridine rings is 2. The second kappa shape index (κ2) is 7.92. The van der Waals surface area contributed by atoms with Crippen LogP contribution in [0.1, 0.15) is 27.0 Å². The smallest absolute Gasteiger partial charge is 0.338 e. The highest BCUT2D eigenvalue weighted by molar-refractivity contribution is 7.21. The van der Waals surface area contributed by atoms with E-state index >= 15 is 0 Å². The number of esters is 1. The summed E-state index contributed by atoms with van der Waals surface area (Å²) in [5, 5.41) is 8.35. The zero-order valence-electron chi connectivity index (χ0n) is 17.1. The number of fused-ring (bicyclic) bond motifs is 5. The van der Waals surface area contributed by atoms with Gasteiger partial charge in [0.1, 0.15) is 10.0 Å². The summed E-state index contributed by atoms with van der Waals surface area (Å²) < 4.78 is 11.5. The van der Waals surface area contributed by atoms with Gasteiger partial charge in [-0.1, -0.05) is 11.6 Å². The number of amides is 1. The quantitative estimate of drug-likeness (QED) is 0.334. The molecule has 5 rings (SSSR count). The van der Waals surface area contributed by atoms with Gasteiger partial charge in [-0.2, -0.15) is 0 Å². The fourth-order valence-corrected chi connectivity index (χ4v) is 4.93. The van der Waals surface area contributed by atoms with E-state index in [0.29, 0.717) is 22.8 Å². The van der Waals surface area contributed by atoms with Crippen LogP contribution in [-0.4, -0.2) is 41.5 Å². The molecule has 0 radical (unpaired) electrons. The van der Waals surface area contributed by atoms with Crippen molar-refractivity contribution >= 4 is 61.5 Å². The third-order valence-corrected chi connectivity index (χ3v) is 6.41. The molecule has 1 aliphatic heterocycles. The third kappa shape index (κ3) is 3.59. The number of carbonyl (C=O) groups is 2. The van der Waals surface area contributed by atoms with E-state index in [2.05, 4.69) is 20.6 Å². The summed E-state index contributed by atoms with van der Waals surface area (Å²) in [5.41, 5.74) is 1.75. The number of hydrogen-bond acceptors (Lipinski definition) is 8. The SMILES string of the molecule is COC(=O)c1cc(Cl)nc(Oc2ccc3c(ccc4sc5c(c43)NCC(C)NC5=O)n2)c1. The minimum atomic E-state index is -0.544. The fraction of sp³-hybridized carbons (Fsp3) is 0.182. The van der Waals surface area contributed by atoms with Gasteiger partial charge in [0, 0.05) is 40.2 Å². The molecule has 10 heteroatoms. The number of ether oxygens (including phenoxy) is 2. The number of methoxy groups -OCH3 is 1. The molecule has 1 atom stereocenters. The molecule has 1 amide bonds. The van der Waals surface area contributed by atoms with Gasteiger partial charge in [0.25, 0.3) is 5.91 Å². The molecule has 1 unspecified atom stereocenters. The largest absolute Gasteiger partial charge is 0.465 e. The summed E-state index contributed by atoms with van der Waals surface area (Å²) in [6, 6.07) is 10.3. The van der Waals surface area contributed by atoms with Gasteiger partial charge in [-0.15, -0.1) is 11.3 Å². The number of anilines is 1. The normalized spacial score (nSPS) is 15.6. The Balaban J connectivity index is 1.56. The lowest BCUT2D eigenvalue weighted by molar-refractivity contribution is 0.0600. The average molecular weight is 469 g/mol. The van der Waals surface area contributed by atoms with Crippen LogP contribution in [-0.2, 0) is 4.74 Å². The van der Waals surface area contributed by atoms with Crippen LogP contribution in [0.25, 0.3) is 21.0 Å². The Hall–Kier alpha value is -3.43. The zero-order valence-corrected chi connectivity index (χ0v) is 18.6. The van der Waals surface area contributed by atoms with Crippen LogP contribution in [0.5, 0.6) is 11.8 Å². The lowest BCUT2D eigenvalue weighted by Crippen LogP contribution is -2.34. The van der Waals surface area contributed by atoms with Crippen LogP contribution in [0, 0.1) is 0 Å². The van der Waals surface area contributed by atoms with E-state index in [9.17, 15) is 9.59 Å². The van der Waals surface area contributed by atoms with Crippen LogP contribution in [0.3, 0.4) is 0 Å².